The smallest absolute Gasteiger partial charge is 0.253 e. The van der Waals surface area contributed by atoms with Gasteiger partial charge >= 0.3 is 0 Å². The van der Waals surface area contributed by atoms with Gasteiger partial charge < -0.3 is 15.5 Å². The molecule has 0 bridgehead atoms. The van der Waals surface area contributed by atoms with Gasteiger partial charge in [-0.05, 0) is 44.4 Å². The van der Waals surface area contributed by atoms with E-state index in [0.717, 1.165) is 38.0 Å². The third kappa shape index (κ3) is 4.00. The average molecular weight is 303 g/mol. The molecule has 0 aliphatic carbocycles. The number of rotatable bonds is 5. The molecular weight excluding hydrogens is 278 g/mol. The number of benzene rings is 1. The fourth-order valence-electron chi connectivity index (χ4n) is 2.64. The van der Waals surface area contributed by atoms with Crippen LogP contribution in [0.25, 0.3) is 0 Å². The van der Waals surface area contributed by atoms with E-state index in [1.807, 2.05) is 26.0 Å². The zero-order valence-corrected chi connectivity index (χ0v) is 13.6. The lowest BCUT2D eigenvalue weighted by Crippen LogP contribution is -2.33. The normalized spacial score (nSPS) is 15.5. The minimum Gasteiger partial charge on any atom is -0.371 e. The van der Waals surface area contributed by atoms with Gasteiger partial charge in [0.1, 0.15) is 0 Å². The Labute approximate surface area is 132 Å². The van der Waals surface area contributed by atoms with Crippen molar-refractivity contribution in [3.63, 3.8) is 0 Å². The zero-order chi connectivity index (χ0) is 16.1. The first-order valence-corrected chi connectivity index (χ1v) is 7.98. The molecule has 1 aliphatic heterocycles. The fourth-order valence-corrected chi connectivity index (χ4v) is 2.64. The molecule has 120 valence electrons. The number of carbonyl (C=O) groups is 2. The number of carbonyl (C=O) groups excluding carboxylic acids is 2. The highest BCUT2D eigenvalue weighted by Gasteiger charge is 2.21. The molecule has 2 N–H and O–H groups in total. The SMILES string of the molecule is CCC(C)NC(=O)c1cc(NC(C)=O)ccc1N1CCCC1. The molecule has 2 amide bonds. The molecule has 1 aromatic rings. The molecule has 1 aromatic carbocycles. The summed E-state index contributed by atoms with van der Waals surface area (Å²) in [6, 6.07) is 5.69. The first kappa shape index (κ1) is 16.3. The average Bonchev–Trinajstić information content (AvgIpc) is 3.00. The summed E-state index contributed by atoms with van der Waals surface area (Å²) in [5.74, 6) is -0.217. The van der Waals surface area contributed by atoms with Gasteiger partial charge in [0.15, 0.2) is 0 Å². The molecule has 1 heterocycles. The first-order valence-electron chi connectivity index (χ1n) is 7.98. The summed E-state index contributed by atoms with van der Waals surface area (Å²) in [5.41, 5.74) is 2.24. The van der Waals surface area contributed by atoms with Crippen molar-refractivity contribution in [1.82, 2.24) is 5.32 Å². The monoisotopic (exact) mass is 303 g/mol. The van der Waals surface area contributed by atoms with Gasteiger partial charge in [-0.3, -0.25) is 9.59 Å². The molecule has 0 radical (unpaired) electrons. The summed E-state index contributed by atoms with van der Waals surface area (Å²) in [5, 5.41) is 5.76. The zero-order valence-electron chi connectivity index (χ0n) is 13.6. The van der Waals surface area contributed by atoms with Gasteiger partial charge in [-0.2, -0.15) is 0 Å². The van der Waals surface area contributed by atoms with Crippen LogP contribution >= 0.6 is 0 Å². The highest BCUT2D eigenvalue weighted by atomic mass is 16.2. The van der Waals surface area contributed by atoms with Gasteiger partial charge in [-0.15, -0.1) is 0 Å². The predicted molar refractivity (Wildman–Crippen MR) is 89.4 cm³/mol. The second-order valence-corrected chi connectivity index (χ2v) is 5.89. The van der Waals surface area contributed by atoms with Gasteiger partial charge in [0.05, 0.1) is 5.56 Å². The lowest BCUT2D eigenvalue weighted by Gasteiger charge is -2.22. The number of hydrogen-bond acceptors (Lipinski definition) is 3. The van der Waals surface area contributed by atoms with E-state index in [9.17, 15) is 9.59 Å². The maximum atomic E-state index is 12.6. The van der Waals surface area contributed by atoms with Crippen LogP contribution in [-0.4, -0.2) is 30.9 Å². The third-order valence-electron chi connectivity index (χ3n) is 4.00. The topological polar surface area (TPSA) is 61.4 Å². The number of amides is 2. The Bertz CT molecular complexity index is 551. The molecule has 22 heavy (non-hydrogen) atoms. The molecule has 1 atom stereocenters. The number of nitrogens with one attached hydrogen (secondary N) is 2. The third-order valence-corrected chi connectivity index (χ3v) is 4.00. The van der Waals surface area contributed by atoms with Crippen LogP contribution < -0.4 is 15.5 Å². The van der Waals surface area contributed by atoms with Crippen LogP contribution in [0.4, 0.5) is 11.4 Å². The Morgan fingerprint density at radius 3 is 2.55 bits per heavy atom. The molecule has 5 nitrogen and oxygen atoms in total. The summed E-state index contributed by atoms with van der Waals surface area (Å²) >= 11 is 0. The van der Waals surface area contributed by atoms with Crippen molar-refractivity contribution in [3.05, 3.63) is 23.8 Å². The standard InChI is InChI=1S/C17H25N3O2/c1-4-12(2)18-17(22)15-11-14(19-13(3)21)7-8-16(15)20-9-5-6-10-20/h7-8,11-12H,4-6,9-10H2,1-3H3,(H,18,22)(H,19,21). The van der Waals surface area contributed by atoms with Crippen molar-refractivity contribution < 1.29 is 9.59 Å². The molecule has 5 heteroatoms. The summed E-state index contributed by atoms with van der Waals surface area (Å²) < 4.78 is 0. The molecule has 1 fully saturated rings. The first-order chi connectivity index (χ1) is 10.5. The van der Waals surface area contributed by atoms with Crippen molar-refractivity contribution in [2.75, 3.05) is 23.3 Å². The van der Waals surface area contributed by atoms with E-state index in [-0.39, 0.29) is 17.9 Å². The fraction of sp³-hybridized carbons (Fsp3) is 0.529. The van der Waals surface area contributed by atoms with E-state index >= 15 is 0 Å². The summed E-state index contributed by atoms with van der Waals surface area (Å²) in [6.45, 7) is 7.45. The van der Waals surface area contributed by atoms with Crippen LogP contribution in [-0.2, 0) is 4.79 Å². The summed E-state index contributed by atoms with van der Waals surface area (Å²) in [6.07, 6.45) is 3.19. The van der Waals surface area contributed by atoms with Crippen molar-refractivity contribution >= 4 is 23.2 Å². The van der Waals surface area contributed by atoms with Crippen LogP contribution in [0.1, 0.15) is 50.4 Å². The van der Waals surface area contributed by atoms with Crippen LogP contribution in [0.5, 0.6) is 0 Å². The molecule has 1 saturated heterocycles. The predicted octanol–water partition coefficient (Wildman–Crippen LogP) is 2.77. The van der Waals surface area contributed by atoms with E-state index in [2.05, 4.69) is 15.5 Å². The van der Waals surface area contributed by atoms with Crippen molar-refractivity contribution in [2.24, 2.45) is 0 Å². The molecule has 0 spiro atoms. The van der Waals surface area contributed by atoms with E-state index in [0.29, 0.717) is 11.3 Å². The maximum Gasteiger partial charge on any atom is 0.253 e. The van der Waals surface area contributed by atoms with E-state index in [4.69, 9.17) is 0 Å². The van der Waals surface area contributed by atoms with E-state index in [1.165, 1.54) is 6.92 Å². The lowest BCUT2D eigenvalue weighted by atomic mass is 10.1. The highest BCUT2D eigenvalue weighted by Crippen LogP contribution is 2.27. The summed E-state index contributed by atoms with van der Waals surface area (Å²) in [7, 11) is 0. The molecule has 1 unspecified atom stereocenters. The number of nitrogens with zero attached hydrogens (tertiary/aromatic N) is 1. The lowest BCUT2D eigenvalue weighted by molar-refractivity contribution is -0.114. The van der Waals surface area contributed by atoms with Crippen molar-refractivity contribution in [2.45, 2.75) is 46.1 Å². The summed E-state index contributed by atoms with van der Waals surface area (Å²) in [4.78, 5) is 26.1. The maximum absolute atomic E-state index is 12.6. The Balaban J connectivity index is 2.31. The van der Waals surface area contributed by atoms with Gasteiger partial charge in [0, 0.05) is 37.4 Å². The highest BCUT2D eigenvalue weighted by molar-refractivity contribution is 6.02. The molecule has 1 aliphatic rings. The largest absolute Gasteiger partial charge is 0.371 e. The van der Waals surface area contributed by atoms with Crippen molar-refractivity contribution in [1.29, 1.82) is 0 Å². The second kappa shape index (κ2) is 7.29. The van der Waals surface area contributed by atoms with Crippen LogP contribution in [0.15, 0.2) is 18.2 Å². The Hall–Kier alpha value is -2.04. The van der Waals surface area contributed by atoms with Gasteiger partial charge in [-0.25, -0.2) is 0 Å². The molecule has 0 saturated carbocycles. The van der Waals surface area contributed by atoms with Gasteiger partial charge in [0.2, 0.25) is 5.91 Å². The van der Waals surface area contributed by atoms with Gasteiger partial charge in [0.25, 0.3) is 5.91 Å². The Kier molecular flexibility index (Phi) is 5.41. The second-order valence-electron chi connectivity index (χ2n) is 5.89. The quantitative estimate of drug-likeness (QED) is 0.879. The van der Waals surface area contributed by atoms with Crippen LogP contribution in [0.2, 0.25) is 0 Å². The van der Waals surface area contributed by atoms with E-state index < -0.39 is 0 Å². The Morgan fingerprint density at radius 1 is 1.27 bits per heavy atom. The van der Waals surface area contributed by atoms with Crippen LogP contribution in [0.3, 0.4) is 0 Å². The van der Waals surface area contributed by atoms with Gasteiger partial charge in [-0.1, -0.05) is 6.92 Å². The number of anilines is 2. The Morgan fingerprint density at radius 2 is 1.95 bits per heavy atom. The number of hydrogen-bond donors (Lipinski definition) is 2. The van der Waals surface area contributed by atoms with Crippen molar-refractivity contribution in [3.8, 4) is 0 Å². The van der Waals surface area contributed by atoms with Crippen LogP contribution in [0, 0.1) is 0 Å². The minimum atomic E-state index is -0.137. The van der Waals surface area contributed by atoms with E-state index in [1.54, 1.807) is 6.07 Å². The molecular formula is C17H25N3O2. The minimum absolute atomic E-state index is 0.0801. The molecule has 2 rings (SSSR count). The molecule has 0 aromatic heterocycles.